The third-order valence-corrected chi connectivity index (χ3v) is 2.19. The molecule has 0 spiro atoms. The van der Waals surface area contributed by atoms with E-state index < -0.39 is 0 Å². The fourth-order valence-electron chi connectivity index (χ4n) is 1.55. The maximum atomic E-state index is 12.8. The van der Waals surface area contributed by atoms with Crippen LogP contribution in [0.1, 0.15) is 17.2 Å². The van der Waals surface area contributed by atoms with Crippen molar-refractivity contribution in [3.8, 4) is 0 Å². The average molecular weight is 196 g/mol. The summed E-state index contributed by atoms with van der Waals surface area (Å²) in [6, 6.07) is 4.69. The molecule has 1 aromatic rings. The molecule has 3 heteroatoms. The first-order valence-electron chi connectivity index (χ1n) is 4.67. The zero-order chi connectivity index (χ0) is 10.7. The molecule has 1 atom stereocenters. The first kappa shape index (κ1) is 11.1. The molecule has 2 N–H and O–H groups in total. The Hall–Kier alpha value is -0.930. The summed E-state index contributed by atoms with van der Waals surface area (Å²) < 4.78 is 12.8. The van der Waals surface area contributed by atoms with Crippen molar-refractivity contribution in [3.05, 3.63) is 35.1 Å². The number of aryl methyl sites for hydroxylation is 1. The summed E-state index contributed by atoms with van der Waals surface area (Å²) in [6.45, 7) is 2.65. The lowest BCUT2D eigenvalue weighted by molar-refractivity contribution is 0.376. The maximum absolute atomic E-state index is 12.8. The number of nitrogens with two attached hydrogens (primary N) is 1. The van der Waals surface area contributed by atoms with Gasteiger partial charge >= 0.3 is 0 Å². The molecule has 0 aliphatic rings. The van der Waals surface area contributed by atoms with Gasteiger partial charge in [-0.15, -0.1) is 0 Å². The molecule has 0 bridgehead atoms. The first-order valence-corrected chi connectivity index (χ1v) is 4.67. The summed E-state index contributed by atoms with van der Waals surface area (Å²) in [7, 11) is 3.94. The molecule has 2 nitrogen and oxygen atoms in total. The zero-order valence-electron chi connectivity index (χ0n) is 8.92. The second kappa shape index (κ2) is 4.53. The van der Waals surface area contributed by atoms with Gasteiger partial charge in [0.15, 0.2) is 0 Å². The predicted octanol–water partition coefficient (Wildman–Crippen LogP) is 1.70. The van der Waals surface area contributed by atoms with E-state index in [0.717, 1.165) is 17.7 Å². The van der Waals surface area contributed by atoms with E-state index in [2.05, 4.69) is 0 Å². The van der Waals surface area contributed by atoms with E-state index >= 15 is 0 Å². The lowest BCUT2D eigenvalue weighted by atomic mass is 10.0. The minimum atomic E-state index is -0.205. The molecule has 0 aliphatic carbocycles. The highest BCUT2D eigenvalue weighted by molar-refractivity contribution is 5.29. The van der Waals surface area contributed by atoms with Crippen LogP contribution in [0.5, 0.6) is 0 Å². The number of hydrogen-bond acceptors (Lipinski definition) is 2. The van der Waals surface area contributed by atoms with Crippen molar-refractivity contribution in [1.29, 1.82) is 0 Å². The molecule has 0 saturated carbocycles. The van der Waals surface area contributed by atoms with Crippen LogP contribution in [0.2, 0.25) is 0 Å². The Bertz CT molecular complexity index is 310. The molecule has 0 aliphatic heterocycles. The van der Waals surface area contributed by atoms with Gasteiger partial charge in [-0.1, -0.05) is 6.07 Å². The minimum absolute atomic E-state index is 0.0504. The third-order valence-electron chi connectivity index (χ3n) is 2.19. The van der Waals surface area contributed by atoms with E-state index in [1.807, 2.05) is 25.9 Å². The highest BCUT2D eigenvalue weighted by atomic mass is 19.1. The summed E-state index contributed by atoms with van der Waals surface area (Å²) in [5.74, 6) is -0.205. The van der Waals surface area contributed by atoms with Crippen LogP contribution in [-0.2, 0) is 0 Å². The molecule has 0 heterocycles. The number of hydrogen-bond donors (Lipinski definition) is 1. The summed E-state index contributed by atoms with van der Waals surface area (Å²) in [4.78, 5) is 2.02. The fraction of sp³-hybridized carbons (Fsp3) is 0.455. The van der Waals surface area contributed by atoms with Crippen LogP contribution in [-0.4, -0.2) is 25.5 Å². The third kappa shape index (κ3) is 2.79. The minimum Gasteiger partial charge on any atom is -0.323 e. The largest absolute Gasteiger partial charge is 0.323 e. The van der Waals surface area contributed by atoms with Gasteiger partial charge in [0.2, 0.25) is 0 Å². The van der Waals surface area contributed by atoms with Gasteiger partial charge < -0.3 is 10.6 Å². The molecule has 0 radical (unpaired) electrons. The van der Waals surface area contributed by atoms with Crippen molar-refractivity contribution in [2.45, 2.75) is 13.0 Å². The number of halogens is 1. The van der Waals surface area contributed by atoms with Crippen molar-refractivity contribution >= 4 is 0 Å². The molecule has 1 unspecified atom stereocenters. The smallest absolute Gasteiger partial charge is 0.123 e. The molecule has 0 fully saturated rings. The Morgan fingerprint density at radius 3 is 2.57 bits per heavy atom. The SMILES string of the molecule is Cc1cc(F)ccc1C(N)CN(C)C. The zero-order valence-corrected chi connectivity index (χ0v) is 8.92. The first-order chi connectivity index (χ1) is 6.50. The number of benzene rings is 1. The van der Waals surface area contributed by atoms with Gasteiger partial charge in [0.05, 0.1) is 0 Å². The van der Waals surface area contributed by atoms with Crippen molar-refractivity contribution < 1.29 is 4.39 Å². The quantitative estimate of drug-likeness (QED) is 0.797. The van der Waals surface area contributed by atoms with Gasteiger partial charge in [-0.2, -0.15) is 0 Å². The molecule has 1 aromatic carbocycles. The van der Waals surface area contributed by atoms with Crippen molar-refractivity contribution in [3.63, 3.8) is 0 Å². The molecule has 0 amide bonds. The summed E-state index contributed by atoms with van der Waals surface area (Å²) >= 11 is 0. The van der Waals surface area contributed by atoms with Crippen LogP contribution >= 0.6 is 0 Å². The van der Waals surface area contributed by atoms with E-state index in [-0.39, 0.29) is 11.9 Å². The number of rotatable bonds is 3. The molecule has 0 saturated heterocycles. The Morgan fingerprint density at radius 1 is 1.43 bits per heavy atom. The van der Waals surface area contributed by atoms with Crippen molar-refractivity contribution in [1.82, 2.24) is 4.90 Å². The summed E-state index contributed by atoms with van der Waals surface area (Å²) in [5, 5.41) is 0. The number of likely N-dealkylation sites (N-methyl/N-ethyl adjacent to an activating group) is 1. The molecular weight excluding hydrogens is 179 g/mol. The average Bonchev–Trinajstić information content (AvgIpc) is 2.01. The van der Waals surface area contributed by atoms with Crippen LogP contribution in [0.25, 0.3) is 0 Å². The highest BCUT2D eigenvalue weighted by Gasteiger charge is 2.09. The lowest BCUT2D eigenvalue weighted by Gasteiger charge is -2.18. The van der Waals surface area contributed by atoms with E-state index in [9.17, 15) is 4.39 Å². The highest BCUT2D eigenvalue weighted by Crippen LogP contribution is 2.17. The fourth-order valence-corrected chi connectivity index (χ4v) is 1.55. The monoisotopic (exact) mass is 196 g/mol. The second-order valence-electron chi connectivity index (χ2n) is 3.87. The van der Waals surface area contributed by atoms with Crippen LogP contribution in [0, 0.1) is 12.7 Å². The van der Waals surface area contributed by atoms with Gasteiger partial charge in [0.1, 0.15) is 5.82 Å². The van der Waals surface area contributed by atoms with E-state index in [0.29, 0.717) is 0 Å². The van der Waals surface area contributed by atoms with Crippen LogP contribution < -0.4 is 5.73 Å². The van der Waals surface area contributed by atoms with Crippen LogP contribution in [0.3, 0.4) is 0 Å². The topological polar surface area (TPSA) is 29.3 Å². The summed E-state index contributed by atoms with van der Waals surface area (Å²) in [5.41, 5.74) is 7.91. The van der Waals surface area contributed by atoms with Crippen LogP contribution in [0.4, 0.5) is 4.39 Å². The summed E-state index contributed by atoms with van der Waals surface area (Å²) in [6.07, 6.45) is 0. The van der Waals surface area contributed by atoms with Crippen molar-refractivity contribution in [2.24, 2.45) is 5.73 Å². The van der Waals surface area contributed by atoms with Gasteiger partial charge in [-0.05, 0) is 44.3 Å². The molecule has 1 rings (SSSR count). The standard InChI is InChI=1S/C11H17FN2/c1-8-6-9(12)4-5-10(8)11(13)7-14(2)3/h4-6,11H,7,13H2,1-3H3. The van der Waals surface area contributed by atoms with Gasteiger partial charge in [-0.3, -0.25) is 0 Å². The van der Waals surface area contributed by atoms with Gasteiger partial charge in [0.25, 0.3) is 0 Å². The van der Waals surface area contributed by atoms with E-state index in [1.165, 1.54) is 12.1 Å². The second-order valence-corrected chi connectivity index (χ2v) is 3.87. The Balaban J connectivity index is 2.84. The molecule has 14 heavy (non-hydrogen) atoms. The number of nitrogens with zero attached hydrogens (tertiary/aromatic N) is 1. The van der Waals surface area contributed by atoms with E-state index in [1.54, 1.807) is 6.07 Å². The Kier molecular flexibility index (Phi) is 3.61. The normalized spacial score (nSPS) is 13.3. The Labute approximate surface area is 84.5 Å². The Morgan fingerprint density at radius 2 is 2.07 bits per heavy atom. The van der Waals surface area contributed by atoms with E-state index in [4.69, 9.17) is 5.73 Å². The lowest BCUT2D eigenvalue weighted by Crippen LogP contribution is -2.26. The van der Waals surface area contributed by atoms with Crippen LogP contribution in [0.15, 0.2) is 18.2 Å². The predicted molar refractivity (Wildman–Crippen MR) is 56.6 cm³/mol. The van der Waals surface area contributed by atoms with Crippen molar-refractivity contribution in [2.75, 3.05) is 20.6 Å². The molecule has 78 valence electrons. The van der Waals surface area contributed by atoms with Gasteiger partial charge in [-0.25, -0.2) is 4.39 Å². The maximum Gasteiger partial charge on any atom is 0.123 e. The molecule has 0 aromatic heterocycles. The van der Waals surface area contributed by atoms with Gasteiger partial charge in [0, 0.05) is 12.6 Å². The molecular formula is C11H17FN2.